The molecule has 0 spiro atoms. The van der Waals surface area contributed by atoms with E-state index < -0.39 is 11.7 Å². The third-order valence-corrected chi connectivity index (χ3v) is 4.57. The van der Waals surface area contributed by atoms with Gasteiger partial charge in [-0.15, -0.1) is 0 Å². The minimum absolute atomic E-state index is 0.172. The van der Waals surface area contributed by atoms with E-state index in [1.54, 1.807) is 19.1 Å². The van der Waals surface area contributed by atoms with E-state index in [1.807, 2.05) is 51.1 Å². The predicted octanol–water partition coefficient (Wildman–Crippen LogP) is 6.30. The average molecular weight is 477 g/mol. The number of hydrogen-bond acceptors (Lipinski definition) is 6. The second-order valence-electron chi connectivity index (χ2n) is 8.43. The molecule has 0 aliphatic carbocycles. The summed E-state index contributed by atoms with van der Waals surface area (Å²) in [7, 11) is 0. The quantitative estimate of drug-likeness (QED) is 0.292. The molecule has 7 nitrogen and oxygen atoms in total. The van der Waals surface area contributed by atoms with Crippen molar-refractivity contribution in [1.29, 1.82) is 0 Å². The van der Waals surface area contributed by atoms with Crippen molar-refractivity contribution in [2.45, 2.75) is 59.1 Å². The number of benzene rings is 2. The molecule has 0 fully saturated rings. The number of amides is 1. The minimum atomic E-state index is -0.552. The molecule has 1 amide bonds. The number of carbonyl (C=O) groups excluding carboxylic acids is 2. The van der Waals surface area contributed by atoms with Gasteiger partial charge in [0.05, 0.1) is 12.3 Å². The van der Waals surface area contributed by atoms with Crippen molar-refractivity contribution in [1.82, 2.24) is 5.32 Å². The molecule has 0 heterocycles. The van der Waals surface area contributed by atoms with E-state index >= 15 is 0 Å². The van der Waals surface area contributed by atoms with Crippen LogP contribution < -0.4 is 15.4 Å². The normalized spacial score (nSPS) is 10.9. The fourth-order valence-electron chi connectivity index (χ4n) is 2.91. The first kappa shape index (κ1) is 26.3. The molecule has 0 aliphatic rings. The van der Waals surface area contributed by atoms with Gasteiger partial charge in [0.2, 0.25) is 0 Å². The molecule has 8 heteroatoms. The van der Waals surface area contributed by atoms with E-state index in [1.165, 1.54) is 0 Å². The molecule has 0 saturated heterocycles. The highest BCUT2D eigenvalue weighted by molar-refractivity contribution is 6.30. The molecule has 33 heavy (non-hydrogen) atoms. The van der Waals surface area contributed by atoms with E-state index in [0.717, 1.165) is 24.1 Å². The summed E-state index contributed by atoms with van der Waals surface area (Å²) >= 11 is 6.18. The second-order valence-corrected chi connectivity index (χ2v) is 8.87. The van der Waals surface area contributed by atoms with Crippen LogP contribution in [0.1, 0.15) is 52.5 Å². The molecule has 0 atom stereocenters. The van der Waals surface area contributed by atoms with Crippen molar-refractivity contribution >= 4 is 29.4 Å². The number of rotatable bonds is 11. The molecule has 0 radical (unpaired) electrons. The maximum atomic E-state index is 11.9. The molecule has 2 rings (SSSR count). The van der Waals surface area contributed by atoms with Gasteiger partial charge in [-0.1, -0.05) is 23.7 Å². The molecule has 0 saturated carbocycles. The van der Waals surface area contributed by atoms with Crippen LogP contribution in [0.2, 0.25) is 5.02 Å². The van der Waals surface area contributed by atoms with Crippen molar-refractivity contribution in [3.05, 3.63) is 53.1 Å². The monoisotopic (exact) mass is 476 g/mol. The molecule has 0 unspecified atom stereocenters. The highest BCUT2D eigenvalue weighted by atomic mass is 35.5. The van der Waals surface area contributed by atoms with Gasteiger partial charge >= 0.3 is 12.1 Å². The summed E-state index contributed by atoms with van der Waals surface area (Å²) in [6.45, 7) is 8.65. The number of nitrogens with one attached hydrogen (secondary N) is 2. The summed E-state index contributed by atoms with van der Waals surface area (Å²) in [5.74, 6) is 1.03. The summed E-state index contributed by atoms with van der Waals surface area (Å²) in [5, 5.41) is 6.63. The van der Waals surface area contributed by atoms with Crippen LogP contribution in [0.3, 0.4) is 0 Å². The Morgan fingerprint density at radius 1 is 1.06 bits per heavy atom. The maximum Gasteiger partial charge on any atom is 0.407 e. The number of esters is 1. The standard InChI is InChI=1S/C25H33ClN2O5/c1-5-31-23(29)11-6-7-14-27-21-13-12-19(26)16-22(21)32-20-10-8-9-18(15-20)17-28-24(30)33-25(2,3)4/h8-10,12-13,15-16,27H,5-7,11,14,17H2,1-4H3,(H,28,30). The number of ether oxygens (including phenoxy) is 3. The number of halogens is 1. The zero-order chi connectivity index (χ0) is 24.3. The van der Waals surface area contributed by atoms with Gasteiger partial charge in [-0.2, -0.15) is 0 Å². The summed E-state index contributed by atoms with van der Waals surface area (Å²) in [4.78, 5) is 23.3. The van der Waals surface area contributed by atoms with Gasteiger partial charge in [-0.3, -0.25) is 4.79 Å². The van der Waals surface area contributed by atoms with Crippen LogP contribution in [-0.2, 0) is 20.8 Å². The van der Waals surface area contributed by atoms with Crippen molar-refractivity contribution < 1.29 is 23.8 Å². The molecule has 2 aromatic carbocycles. The Hall–Kier alpha value is -2.93. The number of alkyl carbamates (subject to hydrolysis) is 1. The van der Waals surface area contributed by atoms with Crippen LogP contribution >= 0.6 is 11.6 Å². The van der Waals surface area contributed by atoms with Crippen LogP contribution in [0.15, 0.2) is 42.5 Å². The third kappa shape index (κ3) is 10.5. The summed E-state index contributed by atoms with van der Waals surface area (Å²) in [5.41, 5.74) is 1.12. The van der Waals surface area contributed by atoms with Crippen LogP contribution in [0, 0.1) is 0 Å². The van der Waals surface area contributed by atoms with Crippen molar-refractivity contribution in [2.24, 2.45) is 0 Å². The van der Waals surface area contributed by atoms with E-state index in [2.05, 4.69) is 10.6 Å². The van der Waals surface area contributed by atoms with Crippen molar-refractivity contribution in [3.63, 3.8) is 0 Å². The Bertz CT molecular complexity index is 927. The Morgan fingerprint density at radius 2 is 1.85 bits per heavy atom. The number of anilines is 1. The molecular weight excluding hydrogens is 444 g/mol. The lowest BCUT2D eigenvalue weighted by Gasteiger charge is -2.19. The Balaban J connectivity index is 1.94. The molecule has 0 aromatic heterocycles. The van der Waals surface area contributed by atoms with Gasteiger partial charge in [0, 0.05) is 30.6 Å². The number of carbonyl (C=O) groups is 2. The lowest BCUT2D eigenvalue weighted by atomic mass is 10.2. The van der Waals surface area contributed by atoms with Gasteiger partial charge < -0.3 is 24.8 Å². The van der Waals surface area contributed by atoms with E-state index in [0.29, 0.717) is 42.6 Å². The first-order valence-corrected chi connectivity index (χ1v) is 11.5. The molecule has 2 N–H and O–H groups in total. The van der Waals surface area contributed by atoms with Gasteiger partial charge in [0.1, 0.15) is 11.4 Å². The molecule has 180 valence electrons. The van der Waals surface area contributed by atoms with Crippen LogP contribution in [0.25, 0.3) is 0 Å². The van der Waals surface area contributed by atoms with E-state index in [4.69, 9.17) is 25.8 Å². The highest BCUT2D eigenvalue weighted by Gasteiger charge is 2.15. The first-order chi connectivity index (χ1) is 15.7. The van der Waals surface area contributed by atoms with Crippen molar-refractivity contribution in [3.8, 4) is 11.5 Å². The summed E-state index contributed by atoms with van der Waals surface area (Å²) in [6.07, 6.45) is 1.48. The van der Waals surface area contributed by atoms with Gasteiger partial charge in [-0.25, -0.2) is 4.79 Å². The summed E-state index contributed by atoms with van der Waals surface area (Å²) in [6, 6.07) is 12.8. The third-order valence-electron chi connectivity index (χ3n) is 4.33. The minimum Gasteiger partial charge on any atom is -0.466 e. The summed E-state index contributed by atoms with van der Waals surface area (Å²) < 4.78 is 16.3. The number of unbranched alkanes of at least 4 members (excludes halogenated alkanes) is 1. The fraction of sp³-hybridized carbons (Fsp3) is 0.440. The van der Waals surface area contributed by atoms with Gasteiger partial charge in [-0.05, 0) is 70.4 Å². The topological polar surface area (TPSA) is 85.9 Å². The second kappa shape index (κ2) is 12.9. The van der Waals surface area contributed by atoms with Crippen molar-refractivity contribution in [2.75, 3.05) is 18.5 Å². The average Bonchev–Trinajstić information content (AvgIpc) is 2.73. The zero-order valence-electron chi connectivity index (χ0n) is 19.7. The molecule has 2 aromatic rings. The zero-order valence-corrected chi connectivity index (χ0v) is 20.5. The Morgan fingerprint density at radius 3 is 2.58 bits per heavy atom. The number of hydrogen-bond donors (Lipinski definition) is 2. The smallest absolute Gasteiger partial charge is 0.407 e. The molecular formula is C25H33ClN2O5. The highest BCUT2D eigenvalue weighted by Crippen LogP contribution is 2.32. The predicted molar refractivity (Wildman–Crippen MR) is 130 cm³/mol. The first-order valence-electron chi connectivity index (χ1n) is 11.1. The Kier molecular flexibility index (Phi) is 10.3. The molecule has 0 aliphatic heterocycles. The molecule has 0 bridgehead atoms. The van der Waals surface area contributed by atoms with Crippen LogP contribution in [-0.4, -0.2) is 30.8 Å². The van der Waals surface area contributed by atoms with E-state index in [-0.39, 0.29) is 5.97 Å². The van der Waals surface area contributed by atoms with Gasteiger partial charge in [0.25, 0.3) is 0 Å². The lowest BCUT2D eigenvalue weighted by molar-refractivity contribution is -0.143. The maximum absolute atomic E-state index is 11.9. The fourth-order valence-corrected chi connectivity index (χ4v) is 3.07. The van der Waals surface area contributed by atoms with Crippen LogP contribution in [0.4, 0.5) is 10.5 Å². The lowest BCUT2D eigenvalue weighted by Crippen LogP contribution is -2.32. The van der Waals surface area contributed by atoms with E-state index in [9.17, 15) is 9.59 Å². The largest absolute Gasteiger partial charge is 0.466 e. The SMILES string of the molecule is CCOC(=O)CCCCNc1ccc(Cl)cc1Oc1cccc(CNC(=O)OC(C)(C)C)c1. The van der Waals surface area contributed by atoms with Gasteiger partial charge in [0.15, 0.2) is 5.75 Å². The Labute approximate surface area is 200 Å². The van der Waals surface area contributed by atoms with Crippen LogP contribution in [0.5, 0.6) is 11.5 Å².